The summed E-state index contributed by atoms with van der Waals surface area (Å²) in [5.41, 5.74) is 6.00. The fraction of sp³-hybridized carbons (Fsp3) is 1.00. The number of nitrogens with two attached hydrogens (primary N) is 1. The molecule has 2 fully saturated rings. The highest BCUT2D eigenvalue weighted by Gasteiger charge is 2.26. The van der Waals surface area contributed by atoms with Crippen LogP contribution in [-0.2, 0) is 4.74 Å². The van der Waals surface area contributed by atoms with Crippen molar-refractivity contribution in [2.45, 2.75) is 49.5 Å². The Labute approximate surface area is 84.6 Å². The van der Waals surface area contributed by atoms with Crippen LogP contribution in [0.2, 0.25) is 0 Å². The van der Waals surface area contributed by atoms with Crippen LogP contribution < -0.4 is 5.73 Å². The highest BCUT2D eigenvalue weighted by Crippen LogP contribution is 2.30. The molecule has 0 aromatic rings. The standard InChI is InChI=1S/C10H19NOS/c11-9-4-1-5-10(9)13-7-8-3-2-6-12-8/h8-10H,1-7,11H2. The highest BCUT2D eigenvalue weighted by molar-refractivity contribution is 8.00. The van der Waals surface area contributed by atoms with E-state index >= 15 is 0 Å². The molecule has 2 N–H and O–H groups in total. The second kappa shape index (κ2) is 4.67. The summed E-state index contributed by atoms with van der Waals surface area (Å²) < 4.78 is 5.59. The third-order valence-electron chi connectivity index (χ3n) is 3.02. The molecule has 1 aliphatic carbocycles. The summed E-state index contributed by atoms with van der Waals surface area (Å²) in [5, 5.41) is 0.712. The predicted octanol–water partition coefficient (Wildman–Crippen LogP) is 1.78. The molecule has 3 unspecified atom stereocenters. The van der Waals surface area contributed by atoms with Gasteiger partial charge in [-0.1, -0.05) is 6.42 Å². The first-order valence-electron chi connectivity index (χ1n) is 5.35. The van der Waals surface area contributed by atoms with Crippen molar-refractivity contribution in [1.82, 2.24) is 0 Å². The first kappa shape index (κ1) is 9.81. The summed E-state index contributed by atoms with van der Waals surface area (Å²) >= 11 is 2.04. The first-order valence-corrected chi connectivity index (χ1v) is 6.40. The van der Waals surface area contributed by atoms with E-state index in [1.165, 1.54) is 37.9 Å². The van der Waals surface area contributed by atoms with Crippen LogP contribution in [-0.4, -0.2) is 29.8 Å². The Bertz CT molecular complexity index is 159. The second-order valence-corrected chi connectivity index (χ2v) is 5.37. The molecular weight excluding hydrogens is 182 g/mol. The van der Waals surface area contributed by atoms with Crippen LogP contribution in [0.5, 0.6) is 0 Å². The summed E-state index contributed by atoms with van der Waals surface area (Å²) in [7, 11) is 0. The molecule has 2 rings (SSSR count). The number of thioether (sulfide) groups is 1. The molecule has 76 valence electrons. The van der Waals surface area contributed by atoms with Crippen LogP contribution in [0, 0.1) is 0 Å². The summed E-state index contributed by atoms with van der Waals surface area (Å²) in [6, 6.07) is 0.450. The molecule has 0 amide bonds. The molecule has 3 atom stereocenters. The predicted molar refractivity (Wildman–Crippen MR) is 57.0 cm³/mol. The lowest BCUT2D eigenvalue weighted by Crippen LogP contribution is -2.27. The van der Waals surface area contributed by atoms with E-state index in [1.807, 2.05) is 11.8 Å². The van der Waals surface area contributed by atoms with Gasteiger partial charge in [0.15, 0.2) is 0 Å². The van der Waals surface area contributed by atoms with Crippen molar-refractivity contribution in [3.63, 3.8) is 0 Å². The third-order valence-corrected chi connectivity index (χ3v) is 4.60. The molecule has 13 heavy (non-hydrogen) atoms. The molecule has 0 spiro atoms. The minimum atomic E-state index is 0.450. The van der Waals surface area contributed by atoms with Gasteiger partial charge < -0.3 is 10.5 Å². The zero-order valence-corrected chi connectivity index (χ0v) is 8.89. The summed E-state index contributed by atoms with van der Waals surface area (Å²) in [5.74, 6) is 1.17. The molecule has 0 aromatic heterocycles. The van der Waals surface area contributed by atoms with Gasteiger partial charge in [0.2, 0.25) is 0 Å². The largest absolute Gasteiger partial charge is 0.377 e. The fourth-order valence-electron chi connectivity index (χ4n) is 2.17. The normalized spacial score (nSPS) is 39.9. The topological polar surface area (TPSA) is 35.2 Å². The van der Waals surface area contributed by atoms with Gasteiger partial charge in [0.1, 0.15) is 0 Å². The Morgan fingerprint density at radius 2 is 2.15 bits per heavy atom. The van der Waals surface area contributed by atoms with Gasteiger partial charge in [-0.25, -0.2) is 0 Å². The maximum absolute atomic E-state index is 6.00. The summed E-state index contributed by atoms with van der Waals surface area (Å²) in [4.78, 5) is 0. The Morgan fingerprint density at radius 1 is 1.23 bits per heavy atom. The monoisotopic (exact) mass is 201 g/mol. The van der Waals surface area contributed by atoms with Crippen molar-refractivity contribution >= 4 is 11.8 Å². The van der Waals surface area contributed by atoms with Gasteiger partial charge in [-0.3, -0.25) is 0 Å². The number of ether oxygens (including phenoxy) is 1. The van der Waals surface area contributed by atoms with E-state index in [-0.39, 0.29) is 0 Å². The molecular formula is C10H19NOS. The average Bonchev–Trinajstić information content (AvgIpc) is 2.72. The van der Waals surface area contributed by atoms with E-state index in [2.05, 4.69) is 0 Å². The van der Waals surface area contributed by atoms with Gasteiger partial charge in [0, 0.05) is 23.7 Å². The van der Waals surface area contributed by atoms with Gasteiger partial charge in [0.05, 0.1) is 6.10 Å². The van der Waals surface area contributed by atoms with Crippen molar-refractivity contribution in [1.29, 1.82) is 0 Å². The van der Waals surface area contributed by atoms with Crippen LogP contribution in [0.1, 0.15) is 32.1 Å². The van der Waals surface area contributed by atoms with E-state index < -0.39 is 0 Å². The van der Waals surface area contributed by atoms with Crippen LogP contribution in [0.4, 0.5) is 0 Å². The molecule has 3 heteroatoms. The van der Waals surface area contributed by atoms with Crippen molar-refractivity contribution < 1.29 is 4.74 Å². The lowest BCUT2D eigenvalue weighted by Gasteiger charge is -2.16. The Kier molecular flexibility index (Phi) is 3.52. The average molecular weight is 201 g/mol. The second-order valence-electron chi connectivity index (χ2n) is 4.10. The van der Waals surface area contributed by atoms with Crippen LogP contribution in [0.15, 0.2) is 0 Å². The molecule has 1 saturated heterocycles. The molecule has 1 heterocycles. The van der Waals surface area contributed by atoms with E-state index in [0.29, 0.717) is 17.4 Å². The SMILES string of the molecule is NC1CCCC1SCC1CCCO1. The van der Waals surface area contributed by atoms with Gasteiger partial charge in [-0.05, 0) is 25.7 Å². The van der Waals surface area contributed by atoms with Gasteiger partial charge in [0.25, 0.3) is 0 Å². The molecule has 2 nitrogen and oxygen atoms in total. The van der Waals surface area contributed by atoms with Gasteiger partial charge >= 0.3 is 0 Å². The quantitative estimate of drug-likeness (QED) is 0.756. The summed E-state index contributed by atoms with van der Waals surface area (Å²) in [6.07, 6.45) is 6.90. The van der Waals surface area contributed by atoms with Crippen molar-refractivity contribution in [2.24, 2.45) is 5.73 Å². The first-order chi connectivity index (χ1) is 6.36. The zero-order chi connectivity index (χ0) is 9.10. The zero-order valence-electron chi connectivity index (χ0n) is 8.08. The van der Waals surface area contributed by atoms with E-state index in [4.69, 9.17) is 10.5 Å². The maximum Gasteiger partial charge on any atom is 0.0666 e. The third kappa shape index (κ3) is 2.61. The highest BCUT2D eigenvalue weighted by atomic mass is 32.2. The fourth-order valence-corrected chi connectivity index (χ4v) is 3.61. The molecule has 2 aliphatic rings. The smallest absolute Gasteiger partial charge is 0.0666 e. The minimum absolute atomic E-state index is 0.450. The Hall–Kier alpha value is 0.270. The molecule has 0 aromatic carbocycles. The Balaban J connectivity index is 1.66. The van der Waals surface area contributed by atoms with Crippen LogP contribution in [0.3, 0.4) is 0 Å². The van der Waals surface area contributed by atoms with E-state index in [1.54, 1.807) is 0 Å². The van der Waals surface area contributed by atoms with Crippen molar-refractivity contribution in [2.75, 3.05) is 12.4 Å². The lowest BCUT2D eigenvalue weighted by molar-refractivity contribution is 0.129. The Morgan fingerprint density at radius 3 is 2.77 bits per heavy atom. The van der Waals surface area contributed by atoms with Gasteiger partial charge in [-0.15, -0.1) is 0 Å². The molecule has 1 aliphatic heterocycles. The number of hydrogen-bond acceptors (Lipinski definition) is 3. The number of rotatable bonds is 3. The minimum Gasteiger partial charge on any atom is -0.377 e. The number of hydrogen-bond donors (Lipinski definition) is 1. The lowest BCUT2D eigenvalue weighted by atomic mass is 10.3. The maximum atomic E-state index is 6.00. The van der Waals surface area contributed by atoms with Crippen LogP contribution >= 0.6 is 11.8 Å². The van der Waals surface area contributed by atoms with Crippen LogP contribution in [0.25, 0.3) is 0 Å². The molecule has 0 bridgehead atoms. The molecule has 1 saturated carbocycles. The van der Waals surface area contributed by atoms with E-state index in [0.717, 1.165) is 6.61 Å². The van der Waals surface area contributed by atoms with E-state index in [9.17, 15) is 0 Å². The van der Waals surface area contributed by atoms with Crippen molar-refractivity contribution in [3.8, 4) is 0 Å². The van der Waals surface area contributed by atoms with Crippen molar-refractivity contribution in [3.05, 3.63) is 0 Å². The summed E-state index contributed by atoms with van der Waals surface area (Å²) in [6.45, 7) is 0.974. The molecule has 0 radical (unpaired) electrons. The van der Waals surface area contributed by atoms with Gasteiger partial charge in [-0.2, -0.15) is 11.8 Å².